The molecule has 0 unspecified atom stereocenters. The van der Waals surface area contributed by atoms with Gasteiger partial charge in [-0.15, -0.1) is 0 Å². The Morgan fingerprint density at radius 1 is 1.15 bits per heavy atom. The van der Waals surface area contributed by atoms with E-state index in [0.29, 0.717) is 12.2 Å². The monoisotopic (exact) mass is 388 g/mol. The molecular weight excluding hydrogens is 360 g/mol. The fourth-order valence-corrected chi connectivity index (χ4v) is 4.88. The first-order chi connectivity index (χ1) is 12.5. The molecule has 27 heavy (non-hydrogen) atoms. The maximum Gasteiger partial charge on any atom is 0.192 e. The van der Waals surface area contributed by atoms with Crippen molar-refractivity contribution in [1.82, 2.24) is 0 Å². The topological polar surface area (TPSA) is 72.8 Å². The number of hydrogen-bond acceptors (Lipinski definition) is 5. The van der Waals surface area contributed by atoms with Crippen molar-refractivity contribution in [1.29, 1.82) is 0 Å². The van der Waals surface area contributed by atoms with E-state index in [1.807, 2.05) is 12.2 Å². The summed E-state index contributed by atoms with van der Waals surface area (Å²) in [4.78, 5) is 26.4. The van der Waals surface area contributed by atoms with Crippen LogP contribution in [-0.2, 0) is 4.43 Å². The van der Waals surface area contributed by atoms with Crippen molar-refractivity contribution < 1.29 is 23.9 Å². The zero-order chi connectivity index (χ0) is 20.1. The highest BCUT2D eigenvalue weighted by Gasteiger charge is 2.50. The SMILES string of the molecule is COc1cc(O)c2c(c1)C(=O)[C@@H]1CC=C[C@H](O[Si](C)(C)C(C)(C)C)[C@@H]1C2=O. The van der Waals surface area contributed by atoms with Crippen LogP contribution < -0.4 is 4.74 Å². The highest BCUT2D eigenvalue weighted by atomic mass is 28.4. The Balaban J connectivity index is 2.04. The van der Waals surface area contributed by atoms with E-state index in [1.165, 1.54) is 13.2 Å². The molecule has 0 saturated heterocycles. The molecule has 0 saturated carbocycles. The number of carbonyl (C=O) groups is 2. The van der Waals surface area contributed by atoms with Gasteiger partial charge in [0.25, 0.3) is 0 Å². The summed E-state index contributed by atoms with van der Waals surface area (Å²) in [6.45, 7) is 10.7. The van der Waals surface area contributed by atoms with Gasteiger partial charge in [0.15, 0.2) is 19.9 Å². The van der Waals surface area contributed by atoms with Crippen LogP contribution in [0.1, 0.15) is 47.9 Å². The van der Waals surface area contributed by atoms with Crippen LogP contribution in [0.2, 0.25) is 18.1 Å². The molecule has 1 aromatic carbocycles. The first-order valence-corrected chi connectivity index (χ1v) is 12.2. The molecule has 2 aliphatic rings. The van der Waals surface area contributed by atoms with Crippen molar-refractivity contribution in [3.8, 4) is 11.5 Å². The van der Waals surface area contributed by atoms with Crippen LogP contribution in [0.25, 0.3) is 0 Å². The molecule has 0 aromatic heterocycles. The van der Waals surface area contributed by atoms with Gasteiger partial charge in [-0.1, -0.05) is 32.9 Å². The standard InChI is InChI=1S/C21H28O5Si/c1-21(2,3)27(5,6)26-16-9-7-8-13-18(16)20(24)17-14(19(13)23)10-12(25-4)11-15(17)22/h7,9-11,13,16,18,22H,8H2,1-6H3/t13-,16+,18-/m1/s1. The largest absolute Gasteiger partial charge is 0.507 e. The fraction of sp³-hybridized carbons (Fsp3) is 0.524. The van der Waals surface area contributed by atoms with Crippen molar-refractivity contribution in [2.24, 2.45) is 11.8 Å². The van der Waals surface area contributed by atoms with Crippen molar-refractivity contribution in [2.75, 3.05) is 7.11 Å². The minimum atomic E-state index is -2.14. The van der Waals surface area contributed by atoms with Crippen LogP contribution in [0.15, 0.2) is 24.3 Å². The van der Waals surface area contributed by atoms with Crippen LogP contribution in [-0.4, -0.2) is 38.2 Å². The molecule has 0 spiro atoms. The van der Waals surface area contributed by atoms with Crippen molar-refractivity contribution >= 4 is 19.9 Å². The van der Waals surface area contributed by atoms with Crippen molar-refractivity contribution in [3.63, 3.8) is 0 Å². The van der Waals surface area contributed by atoms with Gasteiger partial charge in [-0.2, -0.15) is 0 Å². The third-order valence-corrected chi connectivity index (χ3v) is 10.7. The summed E-state index contributed by atoms with van der Waals surface area (Å²) in [6.07, 6.45) is 3.91. The third kappa shape index (κ3) is 3.25. The first kappa shape index (κ1) is 19.8. The lowest BCUT2D eigenvalue weighted by Gasteiger charge is -2.44. The summed E-state index contributed by atoms with van der Waals surface area (Å²) in [5.74, 6) is -1.24. The van der Waals surface area contributed by atoms with E-state index in [1.54, 1.807) is 6.07 Å². The second-order valence-corrected chi connectivity index (χ2v) is 13.7. The number of ketones is 2. The average molecular weight is 389 g/mol. The Labute approximate surface area is 161 Å². The summed E-state index contributed by atoms with van der Waals surface area (Å²) in [7, 11) is -0.674. The molecule has 1 aromatic rings. The number of hydrogen-bond donors (Lipinski definition) is 1. The number of rotatable bonds is 3. The van der Waals surface area contributed by atoms with Crippen LogP contribution in [0.4, 0.5) is 0 Å². The first-order valence-electron chi connectivity index (χ1n) is 9.32. The average Bonchev–Trinajstić information content (AvgIpc) is 2.57. The number of methoxy groups -OCH3 is 1. The molecule has 3 rings (SSSR count). The van der Waals surface area contributed by atoms with Gasteiger partial charge in [-0.25, -0.2) is 0 Å². The molecule has 0 amide bonds. The van der Waals surface area contributed by atoms with Gasteiger partial charge in [0.2, 0.25) is 0 Å². The Morgan fingerprint density at radius 2 is 1.81 bits per heavy atom. The molecule has 0 bridgehead atoms. The smallest absolute Gasteiger partial charge is 0.192 e. The minimum absolute atomic E-state index is 0.0110. The molecule has 146 valence electrons. The number of benzene rings is 1. The molecule has 0 radical (unpaired) electrons. The predicted molar refractivity (Wildman–Crippen MR) is 106 cm³/mol. The van der Waals surface area contributed by atoms with Crippen molar-refractivity contribution in [3.05, 3.63) is 35.4 Å². The van der Waals surface area contributed by atoms with E-state index >= 15 is 0 Å². The van der Waals surface area contributed by atoms with E-state index in [2.05, 4.69) is 33.9 Å². The second-order valence-electron chi connectivity index (χ2n) is 8.94. The van der Waals surface area contributed by atoms with Crippen LogP contribution in [0.5, 0.6) is 11.5 Å². The molecular formula is C21H28O5Si. The summed E-state index contributed by atoms with van der Waals surface area (Å²) in [5.41, 5.74) is 0.348. The molecule has 2 aliphatic carbocycles. The highest BCUT2D eigenvalue weighted by Crippen LogP contribution is 2.45. The Bertz CT molecular complexity index is 819. The van der Waals surface area contributed by atoms with Gasteiger partial charge in [0.05, 0.1) is 24.7 Å². The van der Waals surface area contributed by atoms with Gasteiger partial charge in [0, 0.05) is 17.5 Å². The fourth-order valence-electron chi connectivity index (χ4n) is 3.62. The normalized spacial score (nSPS) is 25.2. The van der Waals surface area contributed by atoms with Crippen LogP contribution in [0.3, 0.4) is 0 Å². The number of phenols is 1. The van der Waals surface area contributed by atoms with Gasteiger partial charge in [-0.05, 0) is 30.6 Å². The van der Waals surface area contributed by atoms with Gasteiger partial charge < -0.3 is 14.3 Å². The lowest BCUT2D eigenvalue weighted by molar-refractivity contribution is 0.0544. The van der Waals surface area contributed by atoms with Gasteiger partial charge >= 0.3 is 0 Å². The number of Topliss-reactive ketones (excluding diaryl/α,β-unsaturated/α-hetero) is 2. The van der Waals surface area contributed by atoms with E-state index in [0.717, 1.165) is 0 Å². The number of fused-ring (bicyclic) bond motifs is 2. The summed E-state index contributed by atoms with van der Waals surface area (Å²) in [6, 6.07) is 2.93. The molecule has 6 heteroatoms. The number of ether oxygens (including phenoxy) is 1. The molecule has 5 nitrogen and oxygen atoms in total. The number of aromatic hydroxyl groups is 1. The van der Waals surface area contributed by atoms with Crippen molar-refractivity contribution in [2.45, 2.75) is 51.4 Å². The van der Waals surface area contributed by atoms with Gasteiger partial charge in [0.1, 0.15) is 11.5 Å². The Hall–Kier alpha value is -1.92. The third-order valence-electron chi connectivity index (χ3n) is 6.22. The maximum absolute atomic E-state index is 13.3. The minimum Gasteiger partial charge on any atom is -0.507 e. The quantitative estimate of drug-likeness (QED) is 0.615. The number of phenolic OH excluding ortho intramolecular Hbond substituents is 1. The van der Waals surface area contributed by atoms with E-state index in [9.17, 15) is 14.7 Å². The lowest BCUT2D eigenvalue weighted by atomic mass is 9.68. The Morgan fingerprint density at radius 3 is 2.41 bits per heavy atom. The van der Waals surface area contributed by atoms with Crippen LogP contribution >= 0.6 is 0 Å². The zero-order valence-corrected chi connectivity index (χ0v) is 17.8. The zero-order valence-electron chi connectivity index (χ0n) is 16.8. The summed E-state index contributed by atoms with van der Waals surface area (Å²) in [5, 5.41) is 10.4. The van der Waals surface area contributed by atoms with Crippen LogP contribution in [0, 0.1) is 11.8 Å². The molecule has 3 atom stereocenters. The van der Waals surface area contributed by atoms with E-state index in [-0.39, 0.29) is 33.5 Å². The maximum atomic E-state index is 13.3. The highest BCUT2D eigenvalue weighted by molar-refractivity contribution is 6.74. The molecule has 0 heterocycles. The molecule has 1 N–H and O–H groups in total. The number of carbonyl (C=O) groups excluding carboxylic acids is 2. The van der Waals surface area contributed by atoms with E-state index < -0.39 is 26.3 Å². The molecule has 0 fully saturated rings. The summed E-state index contributed by atoms with van der Waals surface area (Å²) < 4.78 is 11.7. The van der Waals surface area contributed by atoms with E-state index in [4.69, 9.17) is 9.16 Å². The summed E-state index contributed by atoms with van der Waals surface area (Å²) >= 11 is 0. The predicted octanol–water partition coefficient (Wildman–Crippen LogP) is 4.36. The number of allylic oxidation sites excluding steroid dienone is 1. The lowest BCUT2D eigenvalue weighted by Crippen LogP contribution is -2.51. The second kappa shape index (κ2) is 6.60. The Kier molecular flexibility index (Phi) is 4.85. The molecule has 0 aliphatic heterocycles. The van der Waals surface area contributed by atoms with Gasteiger partial charge in [-0.3, -0.25) is 9.59 Å².